The van der Waals surface area contributed by atoms with Gasteiger partial charge in [0.1, 0.15) is 11.2 Å². The lowest BCUT2D eigenvalue weighted by Gasteiger charge is -2.11. The van der Waals surface area contributed by atoms with E-state index in [1.165, 1.54) is 24.3 Å². The number of carbonyl (C=O) groups excluding carboxylic acids is 1. The molecule has 2 N–H and O–H groups in total. The highest BCUT2D eigenvalue weighted by atomic mass is 19.1. The van der Waals surface area contributed by atoms with Crippen molar-refractivity contribution < 1.29 is 19.1 Å². The van der Waals surface area contributed by atoms with Gasteiger partial charge in [-0.1, -0.05) is 6.92 Å². The molecule has 2 unspecified atom stereocenters. The summed E-state index contributed by atoms with van der Waals surface area (Å²) in [5.41, 5.74) is -0.912. The van der Waals surface area contributed by atoms with E-state index in [9.17, 15) is 14.0 Å². The molecule has 0 radical (unpaired) electrons. The van der Waals surface area contributed by atoms with Crippen LogP contribution in [0.25, 0.3) is 0 Å². The summed E-state index contributed by atoms with van der Waals surface area (Å²) in [6, 6.07) is 5.21. The second kappa shape index (κ2) is 3.84. The van der Waals surface area contributed by atoms with E-state index in [1.807, 2.05) is 0 Å². The molecular weight excluding hydrogens is 225 g/mol. The van der Waals surface area contributed by atoms with Crippen LogP contribution in [0.5, 0.6) is 0 Å². The van der Waals surface area contributed by atoms with E-state index in [0.29, 0.717) is 12.1 Å². The van der Waals surface area contributed by atoms with Crippen LogP contribution < -0.4 is 5.32 Å². The molecule has 1 aromatic carbocycles. The first-order valence-corrected chi connectivity index (χ1v) is 5.27. The van der Waals surface area contributed by atoms with Gasteiger partial charge in [-0.2, -0.15) is 0 Å². The second-order valence-corrected chi connectivity index (χ2v) is 4.34. The quantitative estimate of drug-likeness (QED) is 0.789. The molecule has 4 nitrogen and oxygen atoms in total. The lowest BCUT2D eigenvalue weighted by atomic mass is 10.0. The van der Waals surface area contributed by atoms with Gasteiger partial charge in [-0.05, 0) is 36.6 Å². The molecule has 0 saturated heterocycles. The first kappa shape index (κ1) is 11.6. The molecule has 1 amide bonds. The number of nitrogens with one attached hydrogen (secondary N) is 1. The van der Waals surface area contributed by atoms with Gasteiger partial charge in [0.05, 0.1) is 0 Å². The normalized spacial score (nSPS) is 26.4. The Hall–Kier alpha value is -1.91. The van der Waals surface area contributed by atoms with Gasteiger partial charge in [-0.15, -0.1) is 0 Å². The number of carboxylic acid groups (broad SMARTS) is 1. The second-order valence-electron chi connectivity index (χ2n) is 4.34. The Morgan fingerprint density at radius 1 is 1.41 bits per heavy atom. The first-order valence-electron chi connectivity index (χ1n) is 5.27. The number of carbonyl (C=O) groups is 2. The zero-order chi connectivity index (χ0) is 12.6. The maximum absolute atomic E-state index is 12.7. The van der Waals surface area contributed by atoms with Gasteiger partial charge in [0.15, 0.2) is 0 Å². The molecule has 1 aliphatic carbocycles. The molecule has 90 valence electrons. The molecule has 1 aromatic rings. The number of carboxylic acids is 1. The lowest BCUT2D eigenvalue weighted by molar-refractivity contribution is -0.148. The molecule has 1 aliphatic rings. The molecule has 17 heavy (non-hydrogen) atoms. The predicted molar refractivity (Wildman–Crippen MR) is 58.9 cm³/mol. The summed E-state index contributed by atoms with van der Waals surface area (Å²) in [4.78, 5) is 22.9. The van der Waals surface area contributed by atoms with Crippen LogP contribution in [-0.2, 0) is 9.59 Å². The Kier molecular flexibility index (Phi) is 2.61. The summed E-state index contributed by atoms with van der Waals surface area (Å²) in [6.45, 7) is 1.72. The van der Waals surface area contributed by atoms with Crippen molar-refractivity contribution in [2.24, 2.45) is 11.3 Å². The zero-order valence-corrected chi connectivity index (χ0v) is 9.24. The number of hydrogen-bond donors (Lipinski definition) is 2. The van der Waals surface area contributed by atoms with E-state index in [-0.39, 0.29) is 5.92 Å². The fraction of sp³-hybridized carbons (Fsp3) is 0.333. The Morgan fingerprint density at radius 2 is 1.94 bits per heavy atom. The predicted octanol–water partition coefficient (Wildman–Crippen LogP) is 1.88. The van der Waals surface area contributed by atoms with Crippen LogP contribution in [0.2, 0.25) is 0 Å². The molecule has 2 rings (SSSR count). The van der Waals surface area contributed by atoms with Gasteiger partial charge in [-0.3, -0.25) is 9.59 Å². The Morgan fingerprint density at radius 3 is 2.35 bits per heavy atom. The molecule has 0 aromatic heterocycles. The van der Waals surface area contributed by atoms with Crippen LogP contribution in [0.1, 0.15) is 13.3 Å². The van der Waals surface area contributed by atoms with E-state index in [0.717, 1.165) is 0 Å². The summed E-state index contributed by atoms with van der Waals surface area (Å²) in [6.07, 6.45) is 0.343. The highest BCUT2D eigenvalue weighted by Crippen LogP contribution is 2.53. The maximum Gasteiger partial charge on any atom is 0.319 e. The van der Waals surface area contributed by atoms with Gasteiger partial charge in [0.2, 0.25) is 5.91 Å². The average Bonchev–Trinajstić information content (AvgIpc) is 2.95. The Labute approximate surface area is 97.4 Å². The lowest BCUT2D eigenvalue weighted by Crippen LogP contribution is -2.32. The van der Waals surface area contributed by atoms with Crippen molar-refractivity contribution in [1.29, 1.82) is 0 Å². The summed E-state index contributed by atoms with van der Waals surface area (Å²) >= 11 is 0. The van der Waals surface area contributed by atoms with Crippen LogP contribution in [-0.4, -0.2) is 17.0 Å². The van der Waals surface area contributed by atoms with Crippen molar-refractivity contribution in [3.8, 4) is 0 Å². The third-order valence-electron chi connectivity index (χ3n) is 3.20. The van der Waals surface area contributed by atoms with Crippen molar-refractivity contribution in [2.75, 3.05) is 5.32 Å². The summed E-state index contributed by atoms with van der Waals surface area (Å²) in [5, 5.41) is 11.5. The van der Waals surface area contributed by atoms with Gasteiger partial charge in [-0.25, -0.2) is 4.39 Å². The molecule has 1 saturated carbocycles. The van der Waals surface area contributed by atoms with Gasteiger partial charge in [0.25, 0.3) is 0 Å². The Balaban J connectivity index is 2.12. The highest BCUT2D eigenvalue weighted by Gasteiger charge is 2.63. The summed E-state index contributed by atoms with van der Waals surface area (Å²) in [7, 11) is 0. The van der Waals surface area contributed by atoms with E-state index >= 15 is 0 Å². The largest absolute Gasteiger partial charge is 0.480 e. The van der Waals surface area contributed by atoms with Crippen LogP contribution in [0, 0.1) is 17.2 Å². The molecule has 0 spiro atoms. The van der Waals surface area contributed by atoms with E-state index in [1.54, 1.807) is 6.92 Å². The molecule has 0 aliphatic heterocycles. The molecule has 5 heteroatoms. The Bertz CT molecular complexity index is 471. The zero-order valence-electron chi connectivity index (χ0n) is 9.24. The van der Waals surface area contributed by atoms with Gasteiger partial charge in [0, 0.05) is 5.69 Å². The number of hydrogen-bond acceptors (Lipinski definition) is 2. The van der Waals surface area contributed by atoms with E-state index in [4.69, 9.17) is 5.11 Å². The summed E-state index contributed by atoms with van der Waals surface area (Å²) < 4.78 is 12.7. The number of rotatable bonds is 3. The van der Waals surface area contributed by atoms with Gasteiger partial charge >= 0.3 is 5.97 Å². The molecule has 2 atom stereocenters. The molecule has 0 bridgehead atoms. The molecule has 1 fully saturated rings. The first-order chi connectivity index (χ1) is 7.96. The fourth-order valence-electron chi connectivity index (χ4n) is 1.91. The third kappa shape index (κ3) is 1.88. The monoisotopic (exact) mass is 237 g/mol. The van der Waals surface area contributed by atoms with Crippen LogP contribution >= 0.6 is 0 Å². The van der Waals surface area contributed by atoms with E-state index in [2.05, 4.69) is 5.32 Å². The number of benzene rings is 1. The van der Waals surface area contributed by atoms with E-state index < -0.39 is 23.1 Å². The van der Waals surface area contributed by atoms with Crippen LogP contribution in [0.4, 0.5) is 10.1 Å². The van der Waals surface area contributed by atoms with Crippen molar-refractivity contribution in [1.82, 2.24) is 0 Å². The minimum Gasteiger partial charge on any atom is -0.480 e. The van der Waals surface area contributed by atoms with Crippen LogP contribution in [0.15, 0.2) is 24.3 Å². The molecular formula is C12H12FNO3. The third-order valence-corrected chi connectivity index (χ3v) is 3.20. The fourth-order valence-corrected chi connectivity index (χ4v) is 1.91. The number of anilines is 1. The minimum atomic E-state index is -1.31. The topological polar surface area (TPSA) is 66.4 Å². The highest BCUT2D eigenvalue weighted by molar-refractivity contribution is 6.11. The van der Waals surface area contributed by atoms with Gasteiger partial charge < -0.3 is 10.4 Å². The van der Waals surface area contributed by atoms with Crippen molar-refractivity contribution in [2.45, 2.75) is 13.3 Å². The molecule has 0 heterocycles. The maximum atomic E-state index is 12.7. The van der Waals surface area contributed by atoms with Crippen LogP contribution in [0.3, 0.4) is 0 Å². The number of halogens is 1. The standard InChI is InChI=1S/C12H12FNO3/c1-7-6-12(7,11(16)17)10(15)14-9-4-2-8(13)3-5-9/h2-5,7H,6H2,1H3,(H,14,15)(H,16,17). The SMILES string of the molecule is CC1CC1(C(=O)O)C(=O)Nc1ccc(F)cc1. The smallest absolute Gasteiger partial charge is 0.319 e. The van der Waals surface area contributed by atoms with Crippen molar-refractivity contribution >= 4 is 17.6 Å². The average molecular weight is 237 g/mol. The number of amides is 1. The summed E-state index contributed by atoms with van der Waals surface area (Å²) in [5.74, 6) is -2.22. The van der Waals surface area contributed by atoms with Crippen molar-refractivity contribution in [3.05, 3.63) is 30.1 Å². The number of aliphatic carboxylic acids is 1. The van der Waals surface area contributed by atoms with Crippen molar-refractivity contribution in [3.63, 3.8) is 0 Å². The minimum absolute atomic E-state index is 0.166.